The Morgan fingerprint density at radius 3 is 2.31 bits per heavy atom. The highest BCUT2D eigenvalue weighted by Gasteiger charge is 2.35. The van der Waals surface area contributed by atoms with Crippen LogP contribution in [0.5, 0.6) is 0 Å². The van der Waals surface area contributed by atoms with E-state index in [0.717, 1.165) is 26.1 Å². The summed E-state index contributed by atoms with van der Waals surface area (Å²) in [6.07, 6.45) is 2.28. The second-order valence-corrected chi connectivity index (χ2v) is 5.83. The third-order valence-electron chi connectivity index (χ3n) is 4.02. The van der Waals surface area contributed by atoms with Gasteiger partial charge in [0.15, 0.2) is 0 Å². The molecule has 2 heterocycles. The Hall–Kier alpha value is -0.570. The Kier molecular flexibility index (Phi) is 3.53. The first-order valence-corrected chi connectivity index (χ1v) is 6.60. The first-order chi connectivity index (χ1) is 7.58. The fourth-order valence-corrected chi connectivity index (χ4v) is 3.27. The van der Waals surface area contributed by atoms with Crippen molar-refractivity contribution in [1.29, 1.82) is 0 Å². The SMILES string of the molecule is CC1CC(C)CN(C(=O)C2CCNC2C)C1. The van der Waals surface area contributed by atoms with Crippen molar-refractivity contribution < 1.29 is 4.79 Å². The van der Waals surface area contributed by atoms with E-state index in [-0.39, 0.29) is 5.92 Å². The summed E-state index contributed by atoms with van der Waals surface area (Å²) in [4.78, 5) is 14.5. The number of nitrogens with one attached hydrogen (secondary N) is 1. The standard InChI is InChI=1S/C13H24N2O/c1-9-6-10(2)8-15(7-9)13(16)12-4-5-14-11(12)3/h9-12,14H,4-8H2,1-3H3. The van der Waals surface area contributed by atoms with Crippen molar-refractivity contribution in [2.24, 2.45) is 17.8 Å². The molecule has 0 aromatic heterocycles. The summed E-state index contributed by atoms with van der Waals surface area (Å²) < 4.78 is 0. The van der Waals surface area contributed by atoms with Gasteiger partial charge in [-0.3, -0.25) is 4.79 Å². The highest BCUT2D eigenvalue weighted by Crippen LogP contribution is 2.25. The largest absolute Gasteiger partial charge is 0.342 e. The maximum Gasteiger partial charge on any atom is 0.227 e. The van der Waals surface area contributed by atoms with Crippen molar-refractivity contribution >= 4 is 5.91 Å². The van der Waals surface area contributed by atoms with Crippen molar-refractivity contribution in [2.75, 3.05) is 19.6 Å². The first kappa shape index (κ1) is 11.9. The summed E-state index contributed by atoms with van der Waals surface area (Å²) in [5.41, 5.74) is 0. The second-order valence-electron chi connectivity index (χ2n) is 5.83. The number of carbonyl (C=O) groups is 1. The van der Waals surface area contributed by atoms with Crippen molar-refractivity contribution in [2.45, 2.75) is 39.7 Å². The van der Waals surface area contributed by atoms with Gasteiger partial charge in [0.2, 0.25) is 5.91 Å². The topological polar surface area (TPSA) is 32.3 Å². The Morgan fingerprint density at radius 2 is 1.81 bits per heavy atom. The van der Waals surface area contributed by atoms with Crippen LogP contribution in [0.15, 0.2) is 0 Å². The van der Waals surface area contributed by atoms with Crippen LogP contribution < -0.4 is 5.32 Å². The maximum absolute atomic E-state index is 12.4. The van der Waals surface area contributed by atoms with Gasteiger partial charge in [-0.15, -0.1) is 0 Å². The van der Waals surface area contributed by atoms with Gasteiger partial charge < -0.3 is 10.2 Å². The molecule has 0 aromatic carbocycles. The smallest absolute Gasteiger partial charge is 0.227 e. The summed E-state index contributed by atoms with van der Waals surface area (Å²) in [6, 6.07) is 0.361. The zero-order valence-electron chi connectivity index (χ0n) is 10.7. The van der Waals surface area contributed by atoms with Gasteiger partial charge in [-0.1, -0.05) is 13.8 Å². The number of piperidine rings is 1. The molecule has 0 aliphatic carbocycles. The minimum absolute atomic E-state index is 0.220. The van der Waals surface area contributed by atoms with E-state index in [0.29, 0.717) is 23.8 Å². The minimum atomic E-state index is 0.220. The Morgan fingerprint density at radius 1 is 1.19 bits per heavy atom. The molecule has 2 aliphatic heterocycles. The van der Waals surface area contributed by atoms with E-state index in [1.54, 1.807) is 0 Å². The Bertz CT molecular complexity index is 257. The maximum atomic E-state index is 12.4. The average molecular weight is 224 g/mol. The fraction of sp³-hybridized carbons (Fsp3) is 0.923. The monoisotopic (exact) mass is 224 g/mol. The van der Waals surface area contributed by atoms with Crippen LogP contribution in [0.25, 0.3) is 0 Å². The van der Waals surface area contributed by atoms with Gasteiger partial charge in [0, 0.05) is 19.1 Å². The molecule has 2 saturated heterocycles. The number of carbonyl (C=O) groups excluding carboxylic acids is 1. The van der Waals surface area contributed by atoms with E-state index < -0.39 is 0 Å². The van der Waals surface area contributed by atoms with Gasteiger partial charge in [0.25, 0.3) is 0 Å². The second kappa shape index (κ2) is 4.74. The molecule has 92 valence electrons. The molecular weight excluding hydrogens is 200 g/mol. The fourth-order valence-electron chi connectivity index (χ4n) is 3.27. The highest BCUT2D eigenvalue weighted by molar-refractivity contribution is 5.80. The number of likely N-dealkylation sites (tertiary alicyclic amines) is 1. The quantitative estimate of drug-likeness (QED) is 0.732. The van der Waals surface area contributed by atoms with Gasteiger partial charge in [-0.2, -0.15) is 0 Å². The lowest BCUT2D eigenvalue weighted by Crippen LogP contribution is -2.47. The third kappa shape index (κ3) is 2.40. The van der Waals surface area contributed by atoms with Crippen LogP contribution in [0.4, 0.5) is 0 Å². The summed E-state index contributed by atoms with van der Waals surface area (Å²) in [7, 11) is 0. The number of hydrogen-bond acceptors (Lipinski definition) is 2. The van der Waals surface area contributed by atoms with Crippen molar-refractivity contribution in [3.05, 3.63) is 0 Å². The molecule has 0 saturated carbocycles. The van der Waals surface area contributed by atoms with Crippen LogP contribution in [-0.2, 0) is 4.79 Å². The molecule has 2 fully saturated rings. The number of rotatable bonds is 1. The Balaban J connectivity index is 1.98. The van der Waals surface area contributed by atoms with Crippen molar-refractivity contribution in [3.8, 4) is 0 Å². The van der Waals surface area contributed by atoms with E-state index in [1.165, 1.54) is 6.42 Å². The molecule has 3 nitrogen and oxygen atoms in total. The lowest BCUT2D eigenvalue weighted by Gasteiger charge is -2.37. The van der Waals surface area contributed by atoms with Gasteiger partial charge >= 0.3 is 0 Å². The zero-order chi connectivity index (χ0) is 11.7. The van der Waals surface area contributed by atoms with E-state index in [4.69, 9.17) is 0 Å². The van der Waals surface area contributed by atoms with Crippen LogP contribution in [0.2, 0.25) is 0 Å². The average Bonchev–Trinajstić information content (AvgIpc) is 2.62. The summed E-state index contributed by atoms with van der Waals surface area (Å²) in [5, 5.41) is 3.36. The molecule has 0 radical (unpaired) electrons. The highest BCUT2D eigenvalue weighted by atomic mass is 16.2. The van der Waals surface area contributed by atoms with E-state index in [2.05, 4.69) is 31.0 Å². The number of hydrogen-bond donors (Lipinski definition) is 1. The van der Waals surface area contributed by atoms with E-state index in [9.17, 15) is 4.79 Å². The van der Waals surface area contributed by atoms with Crippen LogP contribution in [-0.4, -0.2) is 36.5 Å². The number of nitrogens with zero attached hydrogens (tertiary/aromatic N) is 1. The molecule has 4 unspecified atom stereocenters. The predicted octanol–water partition coefficient (Wildman–Crippen LogP) is 1.49. The van der Waals surface area contributed by atoms with Gasteiger partial charge in [-0.05, 0) is 38.1 Å². The van der Waals surface area contributed by atoms with Gasteiger partial charge in [0.05, 0.1) is 5.92 Å². The third-order valence-corrected chi connectivity index (χ3v) is 4.02. The zero-order valence-corrected chi connectivity index (χ0v) is 10.7. The molecular formula is C13H24N2O. The molecule has 0 spiro atoms. The molecule has 1 N–H and O–H groups in total. The molecule has 3 heteroatoms. The molecule has 2 aliphatic rings. The van der Waals surface area contributed by atoms with Crippen molar-refractivity contribution in [3.63, 3.8) is 0 Å². The molecule has 0 bridgehead atoms. The normalized spacial score (nSPS) is 40.1. The molecule has 0 aromatic rings. The predicted molar refractivity (Wildman–Crippen MR) is 65.1 cm³/mol. The minimum Gasteiger partial charge on any atom is -0.342 e. The molecule has 4 atom stereocenters. The molecule has 1 amide bonds. The van der Waals surface area contributed by atoms with E-state index >= 15 is 0 Å². The lowest BCUT2D eigenvalue weighted by molar-refractivity contribution is -0.138. The number of amides is 1. The van der Waals surface area contributed by atoms with Crippen molar-refractivity contribution in [1.82, 2.24) is 10.2 Å². The van der Waals surface area contributed by atoms with Gasteiger partial charge in [-0.25, -0.2) is 0 Å². The van der Waals surface area contributed by atoms with Crippen LogP contribution in [0, 0.1) is 17.8 Å². The summed E-state index contributed by atoms with van der Waals surface area (Å²) >= 11 is 0. The Labute approximate surface area is 98.6 Å². The molecule has 2 rings (SSSR count). The van der Waals surface area contributed by atoms with Crippen LogP contribution in [0.3, 0.4) is 0 Å². The van der Waals surface area contributed by atoms with Crippen LogP contribution >= 0.6 is 0 Å². The summed E-state index contributed by atoms with van der Waals surface area (Å²) in [5.74, 6) is 1.93. The van der Waals surface area contributed by atoms with Gasteiger partial charge in [0.1, 0.15) is 0 Å². The first-order valence-electron chi connectivity index (χ1n) is 6.60. The lowest BCUT2D eigenvalue weighted by atomic mass is 9.90. The molecule has 16 heavy (non-hydrogen) atoms. The summed E-state index contributed by atoms with van der Waals surface area (Å²) in [6.45, 7) is 9.57. The van der Waals surface area contributed by atoms with E-state index in [1.807, 2.05) is 0 Å². The van der Waals surface area contributed by atoms with Crippen LogP contribution in [0.1, 0.15) is 33.6 Å².